The molecule has 1 aliphatic carbocycles. The summed E-state index contributed by atoms with van der Waals surface area (Å²) in [7, 11) is 1.94. The fourth-order valence-corrected chi connectivity index (χ4v) is 6.04. The number of benzene rings is 2. The highest BCUT2D eigenvalue weighted by Crippen LogP contribution is 2.37. The number of amides is 1. The Morgan fingerprint density at radius 3 is 2.92 bits per heavy atom. The van der Waals surface area contributed by atoms with Crippen LogP contribution in [-0.4, -0.2) is 20.4 Å². The Morgan fingerprint density at radius 1 is 1.28 bits per heavy atom. The monoisotopic (exact) mass is 521 g/mol. The molecule has 0 saturated carbocycles. The summed E-state index contributed by atoms with van der Waals surface area (Å²) in [6.45, 7) is 2.43. The lowest BCUT2D eigenvalue weighted by Gasteiger charge is -2.25. The van der Waals surface area contributed by atoms with E-state index in [9.17, 15) is 9.18 Å². The van der Waals surface area contributed by atoms with Crippen LogP contribution >= 0.6 is 23.3 Å². The lowest BCUT2D eigenvalue weighted by Crippen LogP contribution is -2.32. The van der Waals surface area contributed by atoms with Gasteiger partial charge >= 0.3 is 0 Å². The minimum Gasteiger partial charge on any atom is -0.337 e. The number of imidazole rings is 1. The van der Waals surface area contributed by atoms with E-state index >= 15 is 0 Å². The predicted molar refractivity (Wildman–Crippen MR) is 142 cm³/mol. The van der Waals surface area contributed by atoms with E-state index in [-0.39, 0.29) is 23.7 Å². The number of anilines is 1. The molecule has 1 aliphatic rings. The van der Waals surface area contributed by atoms with Gasteiger partial charge in [-0.05, 0) is 66.2 Å². The fourth-order valence-electron chi connectivity index (χ4n) is 4.50. The Morgan fingerprint density at radius 2 is 2.17 bits per heavy atom. The average Bonchev–Trinajstić information content (AvgIpc) is 3.62. The number of rotatable bonds is 9. The van der Waals surface area contributed by atoms with E-state index in [0.29, 0.717) is 13.0 Å². The number of nitrogens with one attached hydrogen (secondary N) is 1. The van der Waals surface area contributed by atoms with Crippen molar-refractivity contribution in [2.45, 2.75) is 49.6 Å². The van der Waals surface area contributed by atoms with Crippen molar-refractivity contribution in [2.75, 3.05) is 4.90 Å². The van der Waals surface area contributed by atoms with Crippen molar-refractivity contribution in [3.05, 3.63) is 94.2 Å². The van der Waals surface area contributed by atoms with Crippen LogP contribution in [0.5, 0.6) is 0 Å². The van der Waals surface area contributed by atoms with Crippen molar-refractivity contribution in [1.29, 1.82) is 0 Å². The number of hydrogen-bond donors (Lipinski definition) is 1. The highest BCUT2D eigenvalue weighted by molar-refractivity contribution is 7.97. The maximum Gasteiger partial charge on any atom is 0.228 e. The number of fused-ring (bicyclic) bond motifs is 1. The molecule has 1 N–H and O–H groups in total. The van der Waals surface area contributed by atoms with Gasteiger partial charge in [0.2, 0.25) is 5.91 Å². The van der Waals surface area contributed by atoms with Crippen molar-refractivity contribution in [2.24, 2.45) is 7.05 Å². The molecular weight excluding hydrogens is 493 g/mol. The van der Waals surface area contributed by atoms with Gasteiger partial charge in [0, 0.05) is 60.0 Å². The molecule has 0 spiro atoms. The molecule has 0 saturated heterocycles. The van der Waals surface area contributed by atoms with E-state index in [1.807, 2.05) is 47.1 Å². The van der Waals surface area contributed by atoms with Crippen LogP contribution in [0.25, 0.3) is 0 Å². The van der Waals surface area contributed by atoms with Crippen LogP contribution in [0.1, 0.15) is 53.7 Å². The molecule has 0 radical (unpaired) electrons. The highest BCUT2D eigenvalue weighted by Gasteiger charge is 2.27. The highest BCUT2D eigenvalue weighted by atomic mass is 32.2. The summed E-state index contributed by atoms with van der Waals surface area (Å²) >= 11 is 3.02. The third kappa shape index (κ3) is 5.53. The van der Waals surface area contributed by atoms with Crippen molar-refractivity contribution >= 4 is 34.9 Å². The summed E-state index contributed by atoms with van der Waals surface area (Å²) in [5.74, 6) is 0.651. The predicted octanol–water partition coefficient (Wildman–Crippen LogP) is 6.03. The van der Waals surface area contributed by atoms with Gasteiger partial charge < -0.3 is 9.47 Å². The summed E-state index contributed by atoms with van der Waals surface area (Å²) in [5, 5.41) is 2.91. The molecule has 6 nitrogen and oxygen atoms in total. The smallest absolute Gasteiger partial charge is 0.228 e. The van der Waals surface area contributed by atoms with Gasteiger partial charge in [-0.25, -0.2) is 14.4 Å². The number of aryl methyl sites for hydroxylation is 2. The zero-order valence-electron chi connectivity index (χ0n) is 20.2. The molecule has 4 aromatic rings. The SMILES string of the molecule is C[C@@H](CC(=O)N(Cc1nccn1C)c1ccc2c(c1)[C@@H](NSc1cccc(F)c1)CC2)c1nccs1. The van der Waals surface area contributed by atoms with Gasteiger partial charge in [0.15, 0.2) is 0 Å². The van der Waals surface area contributed by atoms with Gasteiger partial charge in [-0.15, -0.1) is 11.3 Å². The molecule has 1 amide bonds. The maximum atomic E-state index is 13.6. The number of thiazole rings is 1. The van der Waals surface area contributed by atoms with Crippen LogP contribution in [-0.2, 0) is 24.8 Å². The zero-order valence-corrected chi connectivity index (χ0v) is 21.9. The van der Waals surface area contributed by atoms with Crippen molar-refractivity contribution in [3.8, 4) is 0 Å². The van der Waals surface area contributed by atoms with Gasteiger partial charge in [-0.2, -0.15) is 0 Å². The summed E-state index contributed by atoms with van der Waals surface area (Å²) < 4.78 is 19.0. The van der Waals surface area contributed by atoms with E-state index in [2.05, 4.69) is 26.8 Å². The molecule has 0 unspecified atom stereocenters. The van der Waals surface area contributed by atoms with Crippen LogP contribution in [0, 0.1) is 5.82 Å². The van der Waals surface area contributed by atoms with E-state index in [0.717, 1.165) is 34.3 Å². The number of aromatic nitrogens is 3. The first-order valence-electron chi connectivity index (χ1n) is 11.9. The number of halogens is 1. The maximum absolute atomic E-state index is 13.6. The topological polar surface area (TPSA) is 63.1 Å². The fraction of sp³-hybridized carbons (Fsp3) is 0.296. The van der Waals surface area contributed by atoms with Crippen molar-refractivity contribution in [3.63, 3.8) is 0 Å². The van der Waals surface area contributed by atoms with Crippen LogP contribution in [0.2, 0.25) is 0 Å². The van der Waals surface area contributed by atoms with Gasteiger partial charge in [0.05, 0.1) is 11.6 Å². The lowest BCUT2D eigenvalue weighted by molar-refractivity contribution is -0.119. The lowest BCUT2D eigenvalue weighted by atomic mass is 10.0. The first kappa shape index (κ1) is 24.7. The molecule has 36 heavy (non-hydrogen) atoms. The third-order valence-electron chi connectivity index (χ3n) is 6.51. The Bertz CT molecular complexity index is 1340. The Balaban J connectivity index is 1.38. The minimum absolute atomic E-state index is 0.0351. The van der Waals surface area contributed by atoms with Crippen LogP contribution in [0.3, 0.4) is 0 Å². The van der Waals surface area contributed by atoms with Crippen molar-refractivity contribution in [1.82, 2.24) is 19.3 Å². The van der Waals surface area contributed by atoms with Crippen molar-refractivity contribution < 1.29 is 9.18 Å². The Labute approximate surface area is 218 Å². The first-order chi connectivity index (χ1) is 17.5. The zero-order chi connectivity index (χ0) is 25.1. The van der Waals surface area contributed by atoms with Crippen LogP contribution < -0.4 is 9.62 Å². The van der Waals surface area contributed by atoms with E-state index in [1.54, 1.807) is 29.8 Å². The molecule has 9 heteroatoms. The summed E-state index contributed by atoms with van der Waals surface area (Å²) in [6.07, 6.45) is 7.71. The van der Waals surface area contributed by atoms with Gasteiger partial charge in [-0.3, -0.25) is 9.52 Å². The normalized spacial score (nSPS) is 15.6. The molecule has 2 aromatic heterocycles. The third-order valence-corrected chi connectivity index (χ3v) is 8.41. The second-order valence-corrected chi connectivity index (χ2v) is 10.9. The minimum atomic E-state index is -0.244. The number of carbonyl (C=O) groups excluding carboxylic acids is 1. The summed E-state index contributed by atoms with van der Waals surface area (Å²) in [5.41, 5.74) is 3.32. The molecule has 0 fully saturated rings. The van der Waals surface area contributed by atoms with Crippen LogP contribution in [0.15, 0.2) is 71.3 Å². The second kappa shape index (κ2) is 10.9. The molecule has 2 aromatic carbocycles. The largest absolute Gasteiger partial charge is 0.337 e. The Hall–Kier alpha value is -3.01. The molecule has 2 heterocycles. The number of nitrogens with zero attached hydrogens (tertiary/aromatic N) is 4. The molecule has 0 bridgehead atoms. The number of hydrogen-bond acceptors (Lipinski definition) is 6. The van der Waals surface area contributed by atoms with Crippen LogP contribution in [0.4, 0.5) is 10.1 Å². The molecule has 5 rings (SSSR count). The Kier molecular flexibility index (Phi) is 7.50. The van der Waals surface area contributed by atoms with Gasteiger partial charge in [0.1, 0.15) is 11.6 Å². The molecule has 2 atom stereocenters. The molecule has 0 aliphatic heterocycles. The first-order valence-corrected chi connectivity index (χ1v) is 13.6. The van der Waals surface area contributed by atoms with Gasteiger partial charge in [-0.1, -0.05) is 19.1 Å². The van der Waals surface area contributed by atoms with E-state index in [1.165, 1.54) is 35.2 Å². The second-order valence-electron chi connectivity index (χ2n) is 9.06. The molecular formula is C27H28FN5OS2. The molecule has 186 valence electrons. The summed E-state index contributed by atoms with van der Waals surface area (Å²) in [4.78, 5) is 25.2. The average molecular weight is 522 g/mol. The summed E-state index contributed by atoms with van der Waals surface area (Å²) in [6, 6.07) is 13.0. The quantitative estimate of drug-likeness (QED) is 0.273. The number of carbonyl (C=O) groups is 1. The standard InChI is InChI=1S/C27H28FN5OS2/c1-18(27-30-11-13-35-27)14-26(34)33(17-25-29-10-12-32(25)2)21-8-6-19-7-9-24(23(19)16-21)31-36-22-5-3-4-20(28)15-22/h3-6,8,10-13,15-16,18,24,31H,7,9,14,17H2,1-2H3/t18-,24-/m0/s1. The van der Waals surface area contributed by atoms with E-state index < -0.39 is 0 Å². The van der Waals surface area contributed by atoms with Gasteiger partial charge in [0.25, 0.3) is 0 Å². The van der Waals surface area contributed by atoms with E-state index in [4.69, 9.17) is 0 Å².